The molecule has 0 unspecified atom stereocenters. The Morgan fingerprint density at radius 2 is 1.89 bits per heavy atom. The fourth-order valence-corrected chi connectivity index (χ4v) is 3.47. The van der Waals surface area contributed by atoms with Crippen molar-refractivity contribution in [3.8, 4) is 0 Å². The molecule has 0 bridgehead atoms. The van der Waals surface area contributed by atoms with Gasteiger partial charge in [-0.3, -0.25) is 0 Å². The summed E-state index contributed by atoms with van der Waals surface area (Å²) in [5.41, 5.74) is 0. The lowest BCUT2D eigenvalue weighted by Gasteiger charge is -2.22. The molecule has 0 saturated heterocycles. The molecule has 6 heteroatoms. The van der Waals surface area contributed by atoms with Gasteiger partial charge in [-0.05, 0) is 36.6 Å². The fraction of sp³-hybridized carbons (Fsp3) is 0.538. The first-order valence-electron chi connectivity index (χ1n) is 6.29. The van der Waals surface area contributed by atoms with Crippen LogP contribution in [0.15, 0.2) is 33.6 Å². The number of hydrogen-bond acceptors (Lipinski definition) is 3. The lowest BCUT2D eigenvalue weighted by Crippen LogP contribution is -2.41. The molecule has 19 heavy (non-hydrogen) atoms. The number of halogens is 1. The zero-order valence-corrected chi connectivity index (χ0v) is 13.5. The number of nitrogens with one attached hydrogen (secondary N) is 1. The quantitative estimate of drug-likeness (QED) is 0.794. The second-order valence-corrected chi connectivity index (χ2v) is 7.26. The largest absolute Gasteiger partial charge is 0.395 e. The lowest BCUT2D eigenvalue weighted by molar-refractivity contribution is 0.216. The summed E-state index contributed by atoms with van der Waals surface area (Å²) in [6, 6.07) is 5.97. The van der Waals surface area contributed by atoms with Gasteiger partial charge in [0, 0.05) is 10.5 Å². The van der Waals surface area contributed by atoms with Gasteiger partial charge in [-0.15, -0.1) is 0 Å². The van der Waals surface area contributed by atoms with Gasteiger partial charge in [0.2, 0.25) is 10.0 Å². The predicted octanol–water partition coefficient (Wildman–Crippen LogP) is 2.52. The molecule has 0 fully saturated rings. The van der Waals surface area contributed by atoms with Gasteiger partial charge in [-0.2, -0.15) is 0 Å². The van der Waals surface area contributed by atoms with Crippen LogP contribution in [0, 0.1) is 5.92 Å². The first-order valence-corrected chi connectivity index (χ1v) is 8.57. The summed E-state index contributed by atoms with van der Waals surface area (Å²) in [6.45, 7) is 3.78. The molecule has 0 radical (unpaired) electrons. The van der Waals surface area contributed by atoms with E-state index in [1.54, 1.807) is 12.1 Å². The minimum absolute atomic E-state index is 0.0974. The Morgan fingerprint density at radius 1 is 1.32 bits per heavy atom. The summed E-state index contributed by atoms with van der Waals surface area (Å²) in [6.07, 6.45) is 1.83. The molecule has 0 aliphatic heterocycles. The molecule has 1 aromatic rings. The first-order chi connectivity index (χ1) is 8.90. The van der Waals surface area contributed by atoms with Crippen molar-refractivity contribution in [2.45, 2.75) is 37.6 Å². The molecule has 2 N–H and O–H groups in total. The van der Waals surface area contributed by atoms with Crippen molar-refractivity contribution in [2.24, 2.45) is 5.92 Å². The van der Waals surface area contributed by atoms with Crippen LogP contribution in [0.25, 0.3) is 0 Å². The van der Waals surface area contributed by atoms with E-state index >= 15 is 0 Å². The lowest BCUT2D eigenvalue weighted by atomic mass is 9.98. The molecule has 0 aliphatic carbocycles. The standard InChI is InChI=1S/C13H20BrNO3S/c1-3-4-10(2)13(9-16)15-19(17,18)12-7-5-11(14)6-8-12/h5-8,10,13,15-16H,3-4,9H2,1-2H3/t10-,13+/m0/s1. The molecule has 1 rings (SSSR count). The molecule has 0 aromatic heterocycles. The van der Waals surface area contributed by atoms with E-state index in [2.05, 4.69) is 20.7 Å². The second-order valence-electron chi connectivity index (χ2n) is 4.63. The van der Waals surface area contributed by atoms with Crippen LogP contribution < -0.4 is 4.72 Å². The van der Waals surface area contributed by atoms with Crippen molar-refractivity contribution in [3.05, 3.63) is 28.7 Å². The summed E-state index contributed by atoms with van der Waals surface area (Å²) in [4.78, 5) is 0.206. The molecule has 0 heterocycles. The minimum atomic E-state index is -3.58. The Balaban J connectivity index is 2.85. The molecule has 0 spiro atoms. The van der Waals surface area contributed by atoms with Crippen LogP contribution in [0.2, 0.25) is 0 Å². The molecular weight excluding hydrogens is 330 g/mol. The smallest absolute Gasteiger partial charge is 0.240 e. The topological polar surface area (TPSA) is 66.4 Å². The van der Waals surface area contributed by atoms with E-state index < -0.39 is 16.1 Å². The van der Waals surface area contributed by atoms with Crippen molar-refractivity contribution >= 4 is 26.0 Å². The first kappa shape index (κ1) is 16.6. The normalized spacial score (nSPS) is 15.2. The van der Waals surface area contributed by atoms with E-state index in [0.29, 0.717) is 0 Å². The summed E-state index contributed by atoms with van der Waals surface area (Å²) in [7, 11) is -3.58. The van der Waals surface area contributed by atoms with Crippen molar-refractivity contribution in [2.75, 3.05) is 6.61 Å². The van der Waals surface area contributed by atoms with Crippen LogP contribution in [0.1, 0.15) is 26.7 Å². The summed E-state index contributed by atoms with van der Waals surface area (Å²) >= 11 is 3.27. The highest BCUT2D eigenvalue weighted by Gasteiger charge is 2.23. The van der Waals surface area contributed by atoms with E-state index in [1.165, 1.54) is 12.1 Å². The number of aliphatic hydroxyl groups excluding tert-OH is 1. The molecule has 1 aromatic carbocycles. The Morgan fingerprint density at radius 3 is 2.37 bits per heavy atom. The van der Waals surface area contributed by atoms with Gasteiger partial charge in [0.25, 0.3) is 0 Å². The van der Waals surface area contributed by atoms with E-state index in [1.807, 2.05) is 13.8 Å². The van der Waals surface area contributed by atoms with Crippen LogP contribution >= 0.6 is 15.9 Å². The molecule has 0 aliphatic rings. The van der Waals surface area contributed by atoms with Gasteiger partial charge < -0.3 is 5.11 Å². The zero-order valence-electron chi connectivity index (χ0n) is 11.1. The van der Waals surface area contributed by atoms with Crippen molar-refractivity contribution in [1.29, 1.82) is 0 Å². The Labute approximate surface area is 123 Å². The minimum Gasteiger partial charge on any atom is -0.395 e. The summed E-state index contributed by atoms with van der Waals surface area (Å²) in [5, 5.41) is 9.34. The third kappa shape index (κ3) is 4.87. The van der Waals surface area contributed by atoms with E-state index in [4.69, 9.17) is 0 Å². The number of hydrogen-bond donors (Lipinski definition) is 2. The van der Waals surface area contributed by atoms with Gasteiger partial charge in [-0.1, -0.05) is 36.2 Å². The van der Waals surface area contributed by atoms with Gasteiger partial charge in [-0.25, -0.2) is 13.1 Å². The predicted molar refractivity (Wildman–Crippen MR) is 79.4 cm³/mol. The Hall–Kier alpha value is -0.430. The highest BCUT2D eigenvalue weighted by Crippen LogP contribution is 2.17. The Kier molecular flexibility index (Phi) is 6.46. The third-order valence-corrected chi connectivity index (χ3v) is 5.09. The molecule has 108 valence electrons. The van der Waals surface area contributed by atoms with Crippen LogP contribution in [-0.4, -0.2) is 26.2 Å². The second kappa shape index (κ2) is 7.38. The van der Waals surface area contributed by atoms with Crippen LogP contribution in [0.3, 0.4) is 0 Å². The summed E-state index contributed by atoms with van der Waals surface area (Å²) in [5.74, 6) is 0.0974. The maximum atomic E-state index is 12.2. The summed E-state index contributed by atoms with van der Waals surface area (Å²) < 4.78 is 27.8. The monoisotopic (exact) mass is 349 g/mol. The van der Waals surface area contributed by atoms with E-state index in [9.17, 15) is 13.5 Å². The van der Waals surface area contributed by atoms with Gasteiger partial charge in [0.05, 0.1) is 11.5 Å². The molecule has 0 amide bonds. The van der Waals surface area contributed by atoms with Crippen molar-refractivity contribution in [1.82, 2.24) is 4.72 Å². The molecular formula is C13H20BrNO3S. The van der Waals surface area contributed by atoms with Gasteiger partial charge >= 0.3 is 0 Å². The number of benzene rings is 1. The van der Waals surface area contributed by atoms with Gasteiger partial charge in [0.1, 0.15) is 0 Å². The average Bonchev–Trinajstić information content (AvgIpc) is 2.36. The average molecular weight is 350 g/mol. The van der Waals surface area contributed by atoms with Crippen LogP contribution in [0.5, 0.6) is 0 Å². The molecule has 0 saturated carbocycles. The van der Waals surface area contributed by atoms with E-state index in [0.717, 1.165) is 17.3 Å². The van der Waals surface area contributed by atoms with Crippen molar-refractivity contribution in [3.63, 3.8) is 0 Å². The van der Waals surface area contributed by atoms with Crippen LogP contribution in [-0.2, 0) is 10.0 Å². The SMILES string of the molecule is CCC[C@H](C)[C@@H](CO)NS(=O)(=O)c1ccc(Br)cc1. The van der Waals surface area contributed by atoms with Crippen LogP contribution in [0.4, 0.5) is 0 Å². The zero-order chi connectivity index (χ0) is 14.5. The number of rotatable bonds is 7. The Bertz CT molecular complexity index is 487. The highest BCUT2D eigenvalue weighted by molar-refractivity contribution is 9.10. The molecule has 4 nitrogen and oxygen atoms in total. The maximum absolute atomic E-state index is 12.2. The maximum Gasteiger partial charge on any atom is 0.240 e. The highest BCUT2D eigenvalue weighted by atomic mass is 79.9. The van der Waals surface area contributed by atoms with Crippen molar-refractivity contribution < 1.29 is 13.5 Å². The number of sulfonamides is 1. The van der Waals surface area contributed by atoms with E-state index in [-0.39, 0.29) is 17.4 Å². The molecule has 2 atom stereocenters. The number of aliphatic hydroxyl groups is 1. The third-order valence-electron chi connectivity index (χ3n) is 3.06. The van der Waals surface area contributed by atoms with Gasteiger partial charge in [0.15, 0.2) is 0 Å². The fourth-order valence-electron chi connectivity index (χ4n) is 1.87.